The average Bonchev–Trinajstić information content (AvgIpc) is 3.06. The molecule has 4 rings (SSSR count). The number of rotatable bonds is 6. The highest BCUT2D eigenvalue weighted by Crippen LogP contribution is 2.33. The van der Waals surface area contributed by atoms with Gasteiger partial charge in [-0.1, -0.05) is 38.5 Å². The van der Waals surface area contributed by atoms with Crippen molar-refractivity contribution < 1.29 is 4.84 Å². The van der Waals surface area contributed by atoms with Crippen molar-refractivity contribution in [3.63, 3.8) is 0 Å². The van der Waals surface area contributed by atoms with Crippen molar-refractivity contribution in [1.82, 2.24) is 20.8 Å². The molecule has 0 saturated heterocycles. The highest BCUT2D eigenvalue weighted by molar-refractivity contribution is 5.29. The van der Waals surface area contributed by atoms with Crippen LogP contribution in [0.15, 0.2) is 0 Å². The molecule has 2 saturated carbocycles. The third kappa shape index (κ3) is 4.26. The first kappa shape index (κ1) is 17.5. The van der Waals surface area contributed by atoms with Crippen LogP contribution in [0.3, 0.4) is 0 Å². The van der Waals surface area contributed by atoms with Gasteiger partial charge in [0.15, 0.2) is 0 Å². The fourth-order valence-electron chi connectivity index (χ4n) is 4.92. The van der Waals surface area contributed by atoms with Crippen molar-refractivity contribution in [3.8, 4) is 0 Å². The summed E-state index contributed by atoms with van der Waals surface area (Å²) < 4.78 is 2.39. The summed E-state index contributed by atoms with van der Waals surface area (Å²) in [5.41, 5.74) is 10.5. The lowest BCUT2D eigenvalue weighted by Gasteiger charge is -2.25. The zero-order valence-electron chi connectivity index (χ0n) is 15.6. The lowest BCUT2D eigenvalue weighted by Crippen LogP contribution is -2.41. The maximum absolute atomic E-state index is 5.75. The Bertz CT molecular complexity index is 544. The smallest absolute Gasteiger partial charge is 0.114 e. The van der Waals surface area contributed by atoms with Gasteiger partial charge in [-0.05, 0) is 56.9 Å². The normalized spacial score (nSPS) is 22.9. The van der Waals surface area contributed by atoms with Crippen LogP contribution in [0.25, 0.3) is 0 Å². The molecule has 25 heavy (non-hydrogen) atoms. The maximum Gasteiger partial charge on any atom is 0.114 e. The summed E-state index contributed by atoms with van der Waals surface area (Å²) in [6.45, 7) is 0.571. The highest BCUT2D eigenvalue weighted by Gasteiger charge is 2.26. The summed E-state index contributed by atoms with van der Waals surface area (Å²) in [6.07, 6.45) is 18.3. The van der Waals surface area contributed by atoms with Gasteiger partial charge in [-0.25, -0.2) is 5.43 Å². The summed E-state index contributed by atoms with van der Waals surface area (Å²) in [7, 11) is 0. The van der Waals surface area contributed by atoms with E-state index in [4.69, 9.17) is 9.94 Å². The van der Waals surface area contributed by atoms with Crippen LogP contribution < -0.4 is 11.0 Å². The van der Waals surface area contributed by atoms with E-state index in [2.05, 4.69) is 15.7 Å². The fraction of sp³-hybridized carbons (Fsp3) is 0.850. The fourth-order valence-corrected chi connectivity index (χ4v) is 4.92. The van der Waals surface area contributed by atoms with Crippen LogP contribution in [0, 0.1) is 0 Å². The van der Waals surface area contributed by atoms with Crippen molar-refractivity contribution in [1.29, 1.82) is 0 Å². The van der Waals surface area contributed by atoms with E-state index in [1.165, 1.54) is 107 Å². The van der Waals surface area contributed by atoms with Crippen LogP contribution in [0.5, 0.6) is 0 Å². The van der Waals surface area contributed by atoms with Crippen molar-refractivity contribution in [2.24, 2.45) is 0 Å². The molecule has 0 unspecified atom stereocenters. The molecular formula is C20H34N4O. The van der Waals surface area contributed by atoms with E-state index in [0.717, 1.165) is 0 Å². The maximum atomic E-state index is 5.75. The monoisotopic (exact) mass is 346 g/mol. The lowest BCUT2D eigenvalue weighted by atomic mass is 9.93. The molecule has 0 aliphatic heterocycles. The molecule has 1 heterocycles. The molecule has 3 aliphatic rings. The molecule has 0 spiro atoms. The van der Waals surface area contributed by atoms with Gasteiger partial charge >= 0.3 is 0 Å². The van der Waals surface area contributed by atoms with Crippen LogP contribution in [-0.2, 0) is 24.3 Å². The molecule has 3 aliphatic carbocycles. The Morgan fingerprint density at radius 3 is 2.40 bits per heavy atom. The molecule has 5 nitrogen and oxygen atoms in total. The van der Waals surface area contributed by atoms with E-state index in [9.17, 15) is 0 Å². The summed E-state index contributed by atoms with van der Waals surface area (Å²) in [6, 6.07) is 1.19. The first-order valence-electron chi connectivity index (χ1n) is 10.6. The predicted octanol–water partition coefficient (Wildman–Crippen LogP) is 4.13. The summed E-state index contributed by atoms with van der Waals surface area (Å²) in [5.74, 6) is 0. The molecule has 0 amide bonds. The summed E-state index contributed by atoms with van der Waals surface area (Å²) in [5, 5.41) is 5.02. The van der Waals surface area contributed by atoms with E-state index < -0.39 is 0 Å². The van der Waals surface area contributed by atoms with Gasteiger partial charge in [0, 0.05) is 11.7 Å². The zero-order valence-corrected chi connectivity index (χ0v) is 15.6. The number of hydrogen-bond acceptors (Lipinski definition) is 4. The van der Waals surface area contributed by atoms with Crippen molar-refractivity contribution in [2.45, 2.75) is 109 Å². The van der Waals surface area contributed by atoms with Crippen LogP contribution in [0.1, 0.15) is 100 Å². The minimum atomic E-state index is 0.558. The lowest BCUT2D eigenvalue weighted by molar-refractivity contribution is -0.0151. The second-order valence-corrected chi connectivity index (χ2v) is 8.19. The number of nitrogens with zero attached hydrogens (tertiary/aromatic N) is 2. The largest absolute Gasteiger partial charge is 0.281 e. The number of fused-ring (bicyclic) bond motifs is 1. The minimum Gasteiger partial charge on any atom is -0.281 e. The Hall–Kier alpha value is -0.910. The predicted molar refractivity (Wildman–Crippen MR) is 98.9 cm³/mol. The molecule has 0 atom stereocenters. The Morgan fingerprint density at radius 1 is 0.880 bits per heavy atom. The SMILES string of the molecule is C1CCC(NNOCc2nn(C3CCCCC3)c3c2CCCC3)CC1. The van der Waals surface area contributed by atoms with Gasteiger partial charge in [-0.2, -0.15) is 5.10 Å². The molecule has 0 aromatic carbocycles. The third-order valence-electron chi connectivity index (χ3n) is 6.36. The minimum absolute atomic E-state index is 0.558. The van der Waals surface area contributed by atoms with Gasteiger partial charge in [0.2, 0.25) is 0 Å². The number of aromatic nitrogens is 2. The first-order chi connectivity index (χ1) is 12.4. The van der Waals surface area contributed by atoms with Gasteiger partial charge in [-0.15, -0.1) is 5.59 Å². The van der Waals surface area contributed by atoms with Crippen LogP contribution >= 0.6 is 0 Å². The van der Waals surface area contributed by atoms with Gasteiger partial charge in [0.05, 0.1) is 11.7 Å². The first-order valence-corrected chi connectivity index (χ1v) is 10.6. The van der Waals surface area contributed by atoms with Gasteiger partial charge in [0.25, 0.3) is 0 Å². The third-order valence-corrected chi connectivity index (χ3v) is 6.36. The second kappa shape index (κ2) is 8.65. The zero-order chi connectivity index (χ0) is 16.9. The molecule has 2 fully saturated rings. The Kier molecular flexibility index (Phi) is 6.06. The standard InChI is InChI=1S/C20H34N4O/c1-3-9-16(10-4-1)21-23-25-15-19-18-13-7-8-14-20(18)24(22-19)17-11-5-2-6-12-17/h16-17,21,23H,1-15H2. The second-order valence-electron chi connectivity index (χ2n) is 8.19. The molecule has 1 aromatic heterocycles. The van der Waals surface area contributed by atoms with Gasteiger partial charge in [0.1, 0.15) is 6.61 Å². The van der Waals surface area contributed by atoms with Crippen LogP contribution in [-0.4, -0.2) is 15.8 Å². The molecule has 5 heteroatoms. The van der Waals surface area contributed by atoms with E-state index in [0.29, 0.717) is 18.7 Å². The topological polar surface area (TPSA) is 51.1 Å². The van der Waals surface area contributed by atoms with E-state index >= 15 is 0 Å². The number of hydrazine groups is 1. The summed E-state index contributed by atoms with van der Waals surface area (Å²) in [4.78, 5) is 5.75. The number of hydrogen-bond donors (Lipinski definition) is 2. The van der Waals surface area contributed by atoms with Crippen LogP contribution in [0.4, 0.5) is 0 Å². The number of nitrogens with one attached hydrogen (secondary N) is 2. The van der Waals surface area contributed by atoms with Gasteiger partial charge in [-0.3, -0.25) is 9.52 Å². The molecule has 140 valence electrons. The molecular weight excluding hydrogens is 312 g/mol. The summed E-state index contributed by atoms with van der Waals surface area (Å²) >= 11 is 0. The van der Waals surface area contributed by atoms with E-state index in [-0.39, 0.29) is 0 Å². The van der Waals surface area contributed by atoms with E-state index in [1.54, 1.807) is 0 Å². The van der Waals surface area contributed by atoms with Crippen LogP contribution in [0.2, 0.25) is 0 Å². The Labute approximate surface area is 151 Å². The molecule has 0 bridgehead atoms. The van der Waals surface area contributed by atoms with E-state index in [1.807, 2.05) is 0 Å². The Balaban J connectivity index is 1.36. The molecule has 0 radical (unpaired) electrons. The quantitative estimate of drug-likeness (QED) is 0.601. The van der Waals surface area contributed by atoms with Crippen molar-refractivity contribution in [2.75, 3.05) is 0 Å². The molecule has 1 aromatic rings. The van der Waals surface area contributed by atoms with Crippen molar-refractivity contribution >= 4 is 0 Å². The van der Waals surface area contributed by atoms with Gasteiger partial charge < -0.3 is 0 Å². The highest BCUT2D eigenvalue weighted by atomic mass is 16.7. The average molecular weight is 347 g/mol. The molecule has 2 N–H and O–H groups in total. The van der Waals surface area contributed by atoms with Crippen molar-refractivity contribution in [3.05, 3.63) is 17.0 Å². The Morgan fingerprint density at radius 2 is 1.60 bits per heavy atom.